The van der Waals surface area contributed by atoms with Crippen molar-refractivity contribution >= 4 is 48.3 Å². The lowest BCUT2D eigenvalue weighted by molar-refractivity contribution is 0.183. The second-order valence-corrected chi connectivity index (χ2v) is 8.96. The summed E-state index contributed by atoms with van der Waals surface area (Å²) in [5.41, 5.74) is 1.24. The van der Waals surface area contributed by atoms with Gasteiger partial charge < -0.3 is 5.11 Å². The number of aryl methyl sites for hydroxylation is 1. The Morgan fingerprint density at radius 1 is 1.15 bits per heavy atom. The van der Waals surface area contributed by atoms with E-state index in [1.165, 1.54) is 6.07 Å². The maximum absolute atomic E-state index is 12.6. The first-order valence-corrected chi connectivity index (χ1v) is 10.6. The predicted molar refractivity (Wildman–Crippen MR) is 108 cm³/mol. The molecule has 0 heterocycles. The van der Waals surface area contributed by atoms with E-state index in [1.807, 2.05) is 36.4 Å². The van der Waals surface area contributed by atoms with Crippen molar-refractivity contribution < 1.29 is 13.5 Å². The van der Waals surface area contributed by atoms with Crippen molar-refractivity contribution in [3.05, 3.63) is 75.2 Å². The lowest BCUT2D eigenvalue weighted by Gasteiger charge is -2.16. The standard InChI is InChI=1S/C19H17BrClNO3S/c1-12-9-16(20)17(21)10-19(12)26(24,25)22-11-18(23)15-8-4-6-13-5-2-3-7-14(13)15/h2-10,18,22-23H,11H2,1H3. The minimum absolute atomic E-state index is 0.0934. The molecule has 3 aromatic carbocycles. The number of sulfonamides is 1. The molecule has 0 bridgehead atoms. The zero-order valence-electron chi connectivity index (χ0n) is 13.9. The van der Waals surface area contributed by atoms with Gasteiger partial charge in [-0.1, -0.05) is 54.1 Å². The van der Waals surface area contributed by atoms with Crippen molar-refractivity contribution in [2.24, 2.45) is 0 Å². The van der Waals surface area contributed by atoms with Crippen LogP contribution in [0.15, 0.2) is 64.0 Å². The first-order valence-electron chi connectivity index (χ1n) is 7.90. The molecular weight excluding hydrogens is 438 g/mol. The third-order valence-electron chi connectivity index (χ3n) is 4.16. The molecule has 0 aromatic heterocycles. The van der Waals surface area contributed by atoms with E-state index in [0.717, 1.165) is 10.8 Å². The van der Waals surface area contributed by atoms with E-state index in [4.69, 9.17) is 11.6 Å². The molecule has 2 N–H and O–H groups in total. The van der Waals surface area contributed by atoms with Crippen molar-refractivity contribution in [3.63, 3.8) is 0 Å². The van der Waals surface area contributed by atoms with E-state index in [-0.39, 0.29) is 11.4 Å². The second-order valence-electron chi connectivity index (χ2n) is 5.97. The number of fused-ring (bicyclic) bond motifs is 1. The van der Waals surface area contributed by atoms with Gasteiger partial charge in [0.15, 0.2) is 0 Å². The van der Waals surface area contributed by atoms with E-state index in [2.05, 4.69) is 20.7 Å². The Morgan fingerprint density at radius 3 is 2.62 bits per heavy atom. The highest BCUT2D eigenvalue weighted by Crippen LogP contribution is 2.29. The Balaban J connectivity index is 1.85. The molecule has 0 aliphatic heterocycles. The van der Waals surface area contributed by atoms with Gasteiger partial charge in [0, 0.05) is 11.0 Å². The van der Waals surface area contributed by atoms with Gasteiger partial charge in [-0.3, -0.25) is 0 Å². The molecule has 3 aromatic rings. The summed E-state index contributed by atoms with van der Waals surface area (Å²) in [6.45, 7) is 1.56. The topological polar surface area (TPSA) is 66.4 Å². The van der Waals surface area contributed by atoms with E-state index in [0.29, 0.717) is 20.6 Å². The molecule has 1 atom stereocenters. The van der Waals surface area contributed by atoms with E-state index >= 15 is 0 Å². The highest BCUT2D eigenvalue weighted by atomic mass is 79.9. The lowest BCUT2D eigenvalue weighted by Crippen LogP contribution is -2.29. The third-order valence-corrected chi connectivity index (χ3v) is 6.92. The van der Waals surface area contributed by atoms with Crippen LogP contribution in [-0.4, -0.2) is 20.1 Å². The summed E-state index contributed by atoms with van der Waals surface area (Å²) >= 11 is 9.30. The molecule has 0 radical (unpaired) electrons. The summed E-state index contributed by atoms with van der Waals surface area (Å²) in [4.78, 5) is 0.0934. The number of aliphatic hydroxyl groups excluding tert-OH is 1. The minimum atomic E-state index is -3.80. The Bertz CT molecular complexity index is 1060. The molecule has 7 heteroatoms. The predicted octanol–water partition coefficient (Wildman–Crippen LogP) is 4.58. The van der Waals surface area contributed by atoms with Crippen molar-refractivity contribution in [2.45, 2.75) is 17.9 Å². The van der Waals surface area contributed by atoms with Gasteiger partial charge in [-0.15, -0.1) is 0 Å². The molecule has 3 rings (SSSR count). The van der Waals surface area contributed by atoms with Gasteiger partial charge in [-0.05, 0) is 56.9 Å². The van der Waals surface area contributed by atoms with Crippen LogP contribution in [-0.2, 0) is 10.0 Å². The second kappa shape index (κ2) is 7.66. The summed E-state index contributed by atoms with van der Waals surface area (Å²) in [6.07, 6.45) is -0.970. The van der Waals surface area contributed by atoms with Gasteiger partial charge in [-0.2, -0.15) is 0 Å². The fourth-order valence-electron chi connectivity index (χ4n) is 2.83. The molecule has 0 amide bonds. The van der Waals surface area contributed by atoms with Crippen LogP contribution in [0.3, 0.4) is 0 Å². The first-order chi connectivity index (χ1) is 12.3. The number of nitrogens with one attached hydrogen (secondary N) is 1. The number of rotatable bonds is 5. The molecule has 0 saturated carbocycles. The molecule has 0 spiro atoms. The highest BCUT2D eigenvalue weighted by molar-refractivity contribution is 9.10. The smallest absolute Gasteiger partial charge is 0.240 e. The fourth-order valence-corrected chi connectivity index (χ4v) is 4.81. The average molecular weight is 455 g/mol. The van der Waals surface area contributed by atoms with E-state index < -0.39 is 16.1 Å². The lowest BCUT2D eigenvalue weighted by atomic mass is 10.0. The van der Waals surface area contributed by atoms with Gasteiger partial charge in [0.1, 0.15) is 0 Å². The number of aliphatic hydroxyl groups is 1. The molecule has 0 saturated heterocycles. The zero-order chi connectivity index (χ0) is 18.9. The fraction of sp³-hybridized carbons (Fsp3) is 0.158. The molecule has 26 heavy (non-hydrogen) atoms. The number of halogens is 2. The summed E-state index contributed by atoms with van der Waals surface area (Å²) < 4.78 is 28.3. The molecule has 0 aliphatic rings. The highest BCUT2D eigenvalue weighted by Gasteiger charge is 2.21. The van der Waals surface area contributed by atoms with Crippen LogP contribution in [0.25, 0.3) is 10.8 Å². The van der Waals surface area contributed by atoms with Crippen molar-refractivity contribution in [1.29, 1.82) is 0 Å². The van der Waals surface area contributed by atoms with Gasteiger partial charge in [0.05, 0.1) is 16.0 Å². The van der Waals surface area contributed by atoms with Crippen LogP contribution in [0.4, 0.5) is 0 Å². The largest absolute Gasteiger partial charge is 0.387 e. The molecule has 0 aliphatic carbocycles. The Hall–Kier alpha value is -1.44. The maximum atomic E-state index is 12.6. The zero-order valence-corrected chi connectivity index (χ0v) is 17.1. The quantitative estimate of drug-likeness (QED) is 0.593. The summed E-state index contributed by atoms with van der Waals surface area (Å²) in [5, 5.41) is 12.7. The van der Waals surface area contributed by atoms with Crippen molar-refractivity contribution in [3.8, 4) is 0 Å². The van der Waals surface area contributed by atoms with Crippen LogP contribution >= 0.6 is 27.5 Å². The molecule has 136 valence electrons. The normalized spacial score (nSPS) is 13.1. The van der Waals surface area contributed by atoms with Crippen LogP contribution in [0.1, 0.15) is 17.2 Å². The van der Waals surface area contributed by atoms with Crippen LogP contribution in [0.2, 0.25) is 5.02 Å². The van der Waals surface area contributed by atoms with Gasteiger partial charge in [-0.25, -0.2) is 13.1 Å². The molecule has 1 unspecified atom stereocenters. The SMILES string of the molecule is Cc1cc(Br)c(Cl)cc1S(=O)(=O)NCC(O)c1cccc2ccccc12. The molecule has 4 nitrogen and oxygen atoms in total. The maximum Gasteiger partial charge on any atom is 0.240 e. The van der Waals surface area contributed by atoms with E-state index in [9.17, 15) is 13.5 Å². The first kappa shape index (κ1) is 19.3. The van der Waals surface area contributed by atoms with Crippen molar-refractivity contribution in [2.75, 3.05) is 6.54 Å². The van der Waals surface area contributed by atoms with Crippen LogP contribution in [0.5, 0.6) is 0 Å². The summed E-state index contributed by atoms with van der Waals surface area (Å²) in [7, 11) is -3.80. The Morgan fingerprint density at radius 2 is 1.85 bits per heavy atom. The summed E-state index contributed by atoms with van der Waals surface area (Å²) in [5.74, 6) is 0. The summed E-state index contributed by atoms with van der Waals surface area (Å²) in [6, 6.07) is 16.3. The average Bonchev–Trinajstić information content (AvgIpc) is 2.62. The third kappa shape index (κ3) is 3.94. The molecule has 0 fully saturated rings. The monoisotopic (exact) mass is 453 g/mol. The molecular formula is C19H17BrClNO3S. The van der Waals surface area contributed by atoms with Crippen LogP contribution in [0, 0.1) is 6.92 Å². The number of benzene rings is 3. The van der Waals surface area contributed by atoms with E-state index in [1.54, 1.807) is 19.1 Å². The Kier molecular flexibility index (Phi) is 5.69. The van der Waals surface area contributed by atoms with Gasteiger partial charge >= 0.3 is 0 Å². The number of hydrogen-bond donors (Lipinski definition) is 2. The van der Waals surface area contributed by atoms with Crippen LogP contribution < -0.4 is 4.72 Å². The van der Waals surface area contributed by atoms with Crippen molar-refractivity contribution in [1.82, 2.24) is 4.72 Å². The Labute approximate surface area is 166 Å². The van der Waals surface area contributed by atoms with Gasteiger partial charge in [0.25, 0.3) is 0 Å². The number of hydrogen-bond acceptors (Lipinski definition) is 3. The van der Waals surface area contributed by atoms with Gasteiger partial charge in [0.2, 0.25) is 10.0 Å². The minimum Gasteiger partial charge on any atom is -0.387 e.